The quantitative estimate of drug-likeness (QED) is 0.816. The van der Waals surface area contributed by atoms with Crippen LogP contribution in [0, 0.1) is 5.82 Å². The fourth-order valence-corrected chi connectivity index (χ4v) is 1.28. The maximum absolute atomic E-state index is 13.0. The standard InChI is InChI=1S/C10H13ClFNO/c1-2-9(13)10(14)6-3-4-7(11)8(12)5-6/h3-5,9-10,14H,2,13H2,1H3/t9-,10+/m0/s1. The second kappa shape index (κ2) is 4.73. The molecule has 0 spiro atoms. The number of aliphatic hydroxyl groups is 1. The monoisotopic (exact) mass is 217 g/mol. The fourth-order valence-electron chi connectivity index (χ4n) is 1.17. The van der Waals surface area contributed by atoms with Crippen molar-refractivity contribution >= 4 is 11.6 Å². The van der Waals surface area contributed by atoms with E-state index >= 15 is 0 Å². The molecule has 0 unspecified atom stereocenters. The summed E-state index contributed by atoms with van der Waals surface area (Å²) >= 11 is 5.51. The number of benzene rings is 1. The van der Waals surface area contributed by atoms with Gasteiger partial charge in [0.1, 0.15) is 5.82 Å². The summed E-state index contributed by atoms with van der Waals surface area (Å²) in [5.74, 6) is -0.536. The van der Waals surface area contributed by atoms with Crippen LogP contribution in [-0.2, 0) is 0 Å². The van der Waals surface area contributed by atoms with Crippen LogP contribution in [0.25, 0.3) is 0 Å². The third kappa shape index (κ3) is 2.44. The van der Waals surface area contributed by atoms with Crippen molar-refractivity contribution in [3.8, 4) is 0 Å². The van der Waals surface area contributed by atoms with E-state index in [0.29, 0.717) is 12.0 Å². The van der Waals surface area contributed by atoms with Gasteiger partial charge in [0.25, 0.3) is 0 Å². The van der Waals surface area contributed by atoms with Crippen molar-refractivity contribution in [2.45, 2.75) is 25.5 Å². The van der Waals surface area contributed by atoms with E-state index in [4.69, 9.17) is 17.3 Å². The van der Waals surface area contributed by atoms with Gasteiger partial charge in [-0.2, -0.15) is 0 Å². The van der Waals surface area contributed by atoms with Crippen LogP contribution >= 0.6 is 11.6 Å². The molecule has 0 radical (unpaired) electrons. The first-order chi connectivity index (χ1) is 6.56. The van der Waals surface area contributed by atoms with E-state index in [9.17, 15) is 9.50 Å². The van der Waals surface area contributed by atoms with E-state index in [-0.39, 0.29) is 11.1 Å². The van der Waals surface area contributed by atoms with Gasteiger partial charge in [-0.15, -0.1) is 0 Å². The Morgan fingerprint density at radius 1 is 1.57 bits per heavy atom. The molecule has 0 saturated heterocycles. The molecule has 0 aliphatic rings. The zero-order valence-electron chi connectivity index (χ0n) is 7.87. The Bertz CT molecular complexity index is 319. The third-order valence-electron chi connectivity index (χ3n) is 2.16. The minimum Gasteiger partial charge on any atom is -0.387 e. The van der Waals surface area contributed by atoms with E-state index in [0.717, 1.165) is 0 Å². The van der Waals surface area contributed by atoms with Crippen LogP contribution < -0.4 is 5.73 Å². The first-order valence-corrected chi connectivity index (χ1v) is 4.82. The molecule has 0 amide bonds. The molecule has 1 aromatic carbocycles. The molecule has 0 heterocycles. The van der Waals surface area contributed by atoms with Gasteiger partial charge >= 0.3 is 0 Å². The molecule has 0 aliphatic heterocycles. The van der Waals surface area contributed by atoms with Crippen LogP contribution in [-0.4, -0.2) is 11.1 Å². The summed E-state index contributed by atoms with van der Waals surface area (Å²) in [6.07, 6.45) is -0.211. The Kier molecular flexibility index (Phi) is 3.86. The maximum Gasteiger partial charge on any atom is 0.142 e. The highest BCUT2D eigenvalue weighted by molar-refractivity contribution is 6.30. The largest absolute Gasteiger partial charge is 0.387 e. The third-order valence-corrected chi connectivity index (χ3v) is 2.47. The van der Waals surface area contributed by atoms with Crippen LogP contribution in [0.3, 0.4) is 0 Å². The number of nitrogens with two attached hydrogens (primary N) is 1. The molecule has 2 nitrogen and oxygen atoms in total. The Labute approximate surface area is 87.5 Å². The number of hydrogen-bond donors (Lipinski definition) is 2. The molecule has 78 valence electrons. The number of aliphatic hydroxyl groups excluding tert-OH is 1. The van der Waals surface area contributed by atoms with Crippen molar-refractivity contribution in [1.29, 1.82) is 0 Å². The van der Waals surface area contributed by atoms with Crippen molar-refractivity contribution in [2.24, 2.45) is 5.73 Å². The lowest BCUT2D eigenvalue weighted by molar-refractivity contribution is 0.144. The van der Waals surface area contributed by atoms with Gasteiger partial charge in [-0.3, -0.25) is 0 Å². The van der Waals surface area contributed by atoms with Crippen LogP contribution in [0.1, 0.15) is 25.0 Å². The normalized spacial score (nSPS) is 15.2. The molecule has 0 bridgehead atoms. The zero-order valence-corrected chi connectivity index (χ0v) is 8.63. The van der Waals surface area contributed by atoms with Crippen molar-refractivity contribution in [3.63, 3.8) is 0 Å². The zero-order chi connectivity index (χ0) is 10.7. The average molecular weight is 218 g/mol. The summed E-state index contributed by atoms with van der Waals surface area (Å²) in [5.41, 5.74) is 6.09. The van der Waals surface area contributed by atoms with Gasteiger partial charge in [0.2, 0.25) is 0 Å². The second-order valence-electron chi connectivity index (χ2n) is 3.19. The number of halogens is 2. The maximum atomic E-state index is 13.0. The summed E-state index contributed by atoms with van der Waals surface area (Å²) < 4.78 is 13.0. The minimum atomic E-state index is -0.841. The van der Waals surface area contributed by atoms with Crippen LogP contribution in [0.2, 0.25) is 5.02 Å². The summed E-state index contributed by atoms with van der Waals surface area (Å²) in [7, 11) is 0. The predicted octanol–water partition coefficient (Wildman–Crippen LogP) is 2.25. The predicted molar refractivity (Wildman–Crippen MR) is 54.6 cm³/mol. The Balaban J connectivity index is 2.91. The van der Waals surface area contributed by atoms with Crippen molar-refractivity contribution < 1.29 is 9.50 Å². The van der Waals surface area contributed by atoms with Gasteiger partial charge in [-0.1, -0.05) is 24.6 Å². The molecule has 0 aliphatic carbocycles. The number of hydrogen-bond acceptors (Lipinski definition) is 2. The fraction of sp³-hybridized carbons (Fsp3) is 0.400. The van der Waals surface area contributed by atoms with E-state index in [2.05, 4.69) is 0 Å². The van der Waals surface area contributed by atoms with E-state index in [1.54, 1.807) is 6.07 Å². The molecule has 0 fully saturated rings. The topological polar surface area (TPSA) is 46.2 Å². The molecule has 1 aromatic rings. The van der Waals surface area contributed by atoms with Gasteiger partial charge in [0.15, 0.2) is 0 Å². The summed E-state index contributed by atoms with van der Waals surface area (Å²) in [6.45, 7) is 1.86. The lowest BCUT2D eigenvalue weighted by atomic mass is 10.0. The molecule has 4 heteroatoms. The smallest absolute Gasteiger partial charge is 0.142 e. The second-order valence-corrected chi connectivity index (χ2v) is 3.60. The van der Waals surface area contributed by atoms with Gasteiger partial charge < -0.3 is 10.8 Å². The van der Waals surface area contributed by atoms with Crippen molar-refractivity contribution in [2.75, 3.05) is 0 Å². The highest BCUT2D eigenvalue weighted by Gasteiger charge is 2.16. The molecule has 0 saturated carbocycles. The molecular weight excluding hydrogens is 205 g/mol. The molecule has 3 N–H and O–H groups in total. The first-order valence-electron chi connectivity index (χ1n) is 4.44. The Morgan fingerprint density at radius 2 is 2.21 bits per heavy atom. The van der Waals surface area contributed by atoms with Crippen molar-refractivity contribution in [3.05, 3.63) is 34.6 Å². The van der Waals surface area contributed by atoms with Gasteiger partial charge in [0, 0.05) is 6.04 Å². The lowest BCUT2D eigenvalue weighted by Gasteiger charge is -2.17. The molecule has 2 atom stereocenters. The highest BCUT2D eigenvalue weighted by Crippen LogP contribution is 2.22. The van der Waals surface area contributed by atoms with Crippen LogP contribution in [0.15, 0.2) is 18.2 Å². The van der Waals surface area contributed by atoms with Crippen LogP contribution in [0.4, 0.5) is 4.39 Å². The Hall–Kier alpha value is -0.640. The van der Waals surface area contributed by atoms with Crippen LogP contribution in [0.5, 0.6) is 0 Å². The molecule has 1 rings (SSSR count). The van der Waals surface area contributed by atoms with Gasteiger partial charge in [0.05, 0.1) is 11.1 Å². The average Bonchev–Trinajstić information content (AvgIpc) is 2.20. The summed E-state index contributed by atoms with van der Waals surface area (Å²) in [6, 6.07) is 3.82. The molecular formula is C10H13ClFNO. The van der Waals surface area contributed by atoms with E-state index < -0.39 is 11.9 Å². The van der Waals surface area contributed by atoms with E-state index in [1.165, 1.54) is 12.1 Å². The summed E-state index contributed by atoms with van der Waals surface area (Å²) in [5, 5.41) is 9.72. The lowest BCUT2D eigenvalue weighted by Crippen LogP contribution is -2.27. The van der Waals surface area contributed by atoms with Gasteiger partial charge in [-0.25, -0.2) is 4.39 Å². The molecule has 14 heavy (non-hydrogen) atoms. The summed E-state index contributed by atoms with van der Waals surface area (Å²) in [4.78, 5) is 0. The van der Waals surface area contributed by atoms with Crippen molar-refractivity contribution in [1.82, 2.24) is 0 Å². The first kappa shape index (κ1) is 11.4. The molecule has 0 aromatic heterocycles. The van der Waals surface area contributed by atoms with E-state index in [1.807, 2.05) is 6.92 Å². The minimum absolute atomic E-state index is 0.0472. The number of rotatable bonds is 3. The Morgan fingerprint density at radius 3 is 2.71 bits per heavy atom. The highest BCUT2D eigenvalue weighted by atomic mass is 35.5. The van der Waals surface area contributed by atoms with Gasteiger partial charge in [-0.05, 0) is 24.1 Å². The SMILES string of the molecule is CC[C@H](N)[C@H](O)c1ccc(Cl)c(F)c1.